The summed E-state index contributed by atoms with van der Waals surface area (Å²) < 4.78 is 10.9. The quantitative estimate of drug-likeness (QED) is 0.854. The number of benzene rings is 1. The lowest BCUT2D eigenvalue weighted by Crippen LogP contribution is -2.41. The number of nitrogens with zero attached hydrogens (tertiary/aromatic N) is 4. The summed E-state index contributed by atoms with van der Waals surface area (Å²) in [6, 6.07) is 3.92. The molecular weight excluding hydrogens is 316 g/mol. The number of ether oxygens (including phenoxy) is 2. The van der Waals surface area contributed by atoms with Gasteiger partial charge in [0.05, 0.1) is 19.7 Å². The second kappa shape index (κ2) is 6.33. The van der Waals surface area contributed by atoms with E-state index >= 15 is 0 Å². The summed E-state index contributed by atoms with van der Waals surface area (Å²) in [6.07, 6.45) is 5.44. The van der Waals surface area contributed by atoms with Crippen LogP contribution in [-0.4, -0.2) is 62.3 Å². The highest BCUT2D eigenvalue weighted by atomic mass is 16.5. The molecule has 1 aromatic carbocycles. The summed E-state index contributed by atoms with van der Waals surface area (Å²) in [5.41, 5.74) is 1.40. The van der Waals surface area contributed by atoms with Crippen molar-refractivity contribution in [3.63, 3.8) is 0 Å². The Bertz CT molecular complexity index is 771. The van der Waals surface area contributed by atoms with Crippen LogP contribution in [-0.2, 0) is 0 Å². The number of likely N-dealkylation sites (tertiary alicyclic amines) is 1. The number of aromatic nitrogens is 2. The van der Waals surface area contributed by atoms with Crippen LogP contribution in [0.15, 0.2) is 18.5 Å². The Morgan fingerprint density at radius 1 is 0.960 bits per heavy atom. The van der Waals surface area contributed by atoms with Crippen LogP contribution in [0.1, 0.15) is 19.3 Å². The normalized spacial score (nSPS) is 20.4. The SMILES string of the molecule is COc1cc2ncnc(N3CCC4(CCN(C)C4)CC3)c2cc1OC. The standard InChI is InChI=1S/C19H26N4O2/c1-22-7-4-19(12-22)5-8-23(9-6-19)18-14-10-16(24-2)17(25-3)11-15(14)20-13-21-18/h10-11,13H,4-9,12H2,1-3H3. The van der Waals surface area contributed by atoms with Crippen LogP contribution in [0.3, 0.4) is 0 Å². The highest BCUT2D eigenvalue weighted by Gasteiger charge is 2.39. The van der Waals surface area contributed by atoms with E-state index in [1.54, 1.807) is 20.5 Å². The Labute approximate surface area is 148 Å². The van der Waals surface area contributed by atoms with Crippen molar-refractivity contribution in [3.8, 4) is 11.5 Å². The molecule has 6 heteroatoms. The monoisotopic (exact) mass is 342 g/mol. The lowest BCUT2D eigenvalue weighted by molar-refractivity contribution is 0.222. The van der Waals surface area contributed by atoms with Crippen molar-refractivity contribution in [2.24, 2.45) is 5.41 Å². The van der Waals surface area contributed by atoms with Crippen molar-refractivity contribution < 1.29 is 9.47 Å². The molecule has 2 saturated heterocycles. The Balaban J connectivity index is 1.63. The highest BCUT2D eigenvalue weighted by Crippen LogP contribution is 2.42. The second-order valence-corrected chi connectivity index (χ2v) is 7.40. The van der Waals surface area contributed by atoms with Crippen LogP contribution in [0.5, 0.6) is 11.5 Å². The summed E-state index contributed by atoms with van der Waals surface area (Å²) in [5.74, 6) is 2.43. The van der Waals surface area contributed by atoms with Gasteiger partial charge < -0.3 is 19.3 Å². The Kier molecular flexibility index (Phi) is 4.15. The molecule has 2 aliphatic rings. The zero-order valence-corrected chi connectivity index (χ0v) is 15.3. The molecule has 4 rings (SSSR count). The maximum atomic E-state index is 5.47. The van der Waals surface area contributed by atoms with Crippen molar-refractivity contribution in [2.75, 3.05) is 52.3 Å². The lowest BCUT2D eigenvalue weighted by atomic mass is 9.78. The molecule has 6 nitrogen and oxygen atoms in total. The van der Waals surface area contributed by atoms with Crippen LogP contribution >= 0.6 is 0 Å². The fourth-order valence-corrected chi connectivity index (χ4v) is 4.38. The van der Waals surface area contributed by atoms with E-state index in [1.807, 2.05) is 12.1 Å². The largest absolute Gasteiger partial charge is 0.493 e. The molecule has 2 aliphatic heterocycles. The summed E-state index contributed by atoms with van der Waals surface area (Å²) in [6.45, 7) is 4.56. The van der Waals surface area contributed by atoms with Crippen LogP contribution in [0.25, 0.3) is 10.9 Å². The first kappa shape index (κ1) is 16.4. The van der Waals surface area contributed by atoms with E-state index in [0.29, 0.717) is 11.2 Å². The molecular formula is C19H26N4O2. The maximum Gasteiger partial charge on any atom is 0.162 e. The van der Waals surface area contributed by atoms with Crippen LogP contribution in [0, 0.1) is 5.41 Å². The van der Waals surface area contributed by atoms with Crippen molar-refractivity contribution in [1.29, 1.82) is 0 Å². The van der Waals surface area contributed by atoms with Crippen LogP contribution < -0.4 is 14.4 Å². The molecule has 0 atom stereocenters. The number of methoxy groups -OCH3 is 2. The van der Waals surface area contributed by atoms with Gasteiger partial charge in [-0.25, -0.2) is 9.97 Å². The topological polar surface area (TPSA) is 50.7 Å². The number of fused-ring (bicyclic) bond motifs is 1. The number of hydrogen-bond acceptors (Lipinski definition) is 6. The molecule has 25 heavy (non-hydrogen) atoms. The summed E-state index contributed by atoms with van der Waals surface area (Å²) in [7, 11) is 5.54. The number of piperidine rings is 1. The minimum absolute atomic E-state index is 0.509. The molecule has 0 bridgehead atoms. The molecule has 134 valence electrons. The van der Waals surface area contributed by atoms with Gasteiger partial charge in [0.25, 0.3) is 0 Å². The van der Waals surface area contributed by atoms with Gasteiger partial charge in [-0.3, -0.25) is 0 Å². The molecule has 0 aliphatic carbocycles. The summed E-state index contributed by atoms with van der Waals surface area (Å²) in [4.78, 5) is 13.9. The molecule has 3 heterocycles. The van der Waals surface area contributed by atoms with E-state index < -0.39 is 0 Å². The third-order valence-electron chi connectivity index (χ3n) is 5.87. The molecule has 1 spiro atoms. The summed E-state index contributed by atoms with van der Waals surface area (Å²) >= 11 is 0. The molecule has 0 amide bonds. The lowest BCUT2D eigenvalue weighted by Gasteiger charge is -2.40. The van der Waals surface area contributed by atoms with Crippen LogP contribution in [0.4, 0.5) is 5.82 Å². The zero-order chi connectivity index (χ0) is 17.4. The van der Waals surface area contributed by atoms with Gasteiger partial charge in [-0.15, -0.1) is 0 Å². The van der Waals surface area contributed by atoms with Gasteiger partial charge in [0.1, 0.15) is 12.1 Å². The van der Waals surface area contributed by atoms with E-state index in [1.165, 1.54) is 32.4 Å². The smallest absolute Gasteiger partial charge is 0.162 e. The second-order valence-electron chi connectivity index (χ2n) is 7.40. The third kappa shape index (κ3) is 2.88. The van der Waals surface area contributed by atoms with Gasteiger partial charge in [0.2, 0.25) is 0 Å². The first-order valence-corrected chi connectivity index (χ1v) is 8.94. The van der Waals surface area contributed by atoms with E-state index in [9.17, 15) is 0 Å². The van der Waals surface area contributed by atoms with Crippen molar-refractivity contribution >= 4 is 16.7 Å². The fraction of sp³-hybridized carbons (Fsp3) is 0.579. The van der Waals surface area contributed by atoms with Gasteiger partial charge in [0.15, 0.2) is 11.5 Å². The molecule has 0 unspecified atom stereocenters. The Hall–Kier alpha value is -2.08. The minimum Gasteiger partial charge on any atom is -0.493 e. The third-order valence-corrected chi connectivity index (χ3v) is 5.87. The Morgan fingerprint density at radius 3 is 2.28 bits per heavy atom. The highest BCUT2D eigenvalue weighted by molar-refractivity contribution is 5.92. The number of hydrogen-bond donors (Lipinski definition) is 0. The van der Waals surface area contributed by atoms with Gasteiger partial charge in [-0.05, 0) is 44.3 Å². The zero-order valence-electron chi connectivity index (χ0n) is 15.3. The van der Waals surface area contributed by atoms with E-state index in [4.69, 9.17) is 9.47 Å². The molecule has 2 aromatic rings. The maximum absolute atomic E-state index is 5.47. The predicted molar refractivity (Wildman–Crippen MR) is 98.6 cm³/mol. The van der Waals surface area contributed by atoms with E-state index in [-0.39, 0.29) is 0 Å². The van der Waals surface area contributed by atoms with Gasteiger partial charge in [0, 0.05) is 31.1 Å². The minimum atomic E-state index is 0.509. The summed E-state index contributed by atoms with van der Waals surface area (Å²) in [5, 5.41) is 1.03. The number of anilines is 1. The molecule has 1 aromatic heterocycles. The van der Waals surface area contributed by atoms with Crippen molar-refractivity contribution in [2.45, 2.75) is 19.3 Å². The average Bonchev–Trinajstić information content (AvgIpc) is 3.01. The van der Waals surface area contributed by atoms with Crippen molar-refractivity contribution in [1.82, 2.24) is 14.9 Å². The van der Waals surface area contributed by atoms with Crippen molar-refractivity contribution in [3.05, 3.63) is 18.5 Å². The van der Waals surface area contributed by atoms with E-state index in [2.05, 4.69) is 26.8 Å². The fourth-order valence-electron chi connectivity index (χ4n) is 4.38. The Morgan fingerprint density at radius 2 is 1.64 bits per heavy atom. The van der Waals surface area contributed by atoms with E-state index in [0.717, 1.165) is 35.6 Å². The van der Waals surface area contributed by atoms with Gasteiger partial charge in [-0.1, -0.05) is 0 Å². The molecule has 2 fully saturated rings. The average molecular weight is 342 g/mol. The molecule has 0 saturated carbocycles. The predicted octanol–water partition coefficient (Wildman–Crippen LogP) is 2.57. The van der Waals surface area contributed by atoms with Gasteiger partial charge >= 0.3 is 0 Å². The van der Waals surface area contributed by atoms with Gasteiger partial charge in [-0.2, -0.15) is 0 Å². The molecule has 0 N–H and O–H groups in total. The first-order valence-electron chi connectivity index (χ1n) is 8.94. The first-order chi connectivity index (χ1) is 12.1. The van der Waals surface area contributed by atoms with Crippen LogP contribution in [0.2, 0.25) is 0 Å². The number of rotatable bonds is 3. The molecule has 0 radical (unpaired) electrons.